The van der Waals surface area contributed by atoms with E-state index < -0.39 is 0 Å². The van der Waals surface area contributed by atoms with Crippen LogP contribution in [0.4, 0.5) is 0 Å². The van der Waals surface area contributed by atoms with E-state index in [-0.39, 0.29) is 6.10 Å². The number of carbonyl (C=O) groups excluding carboxylic acids is 1. The number of unbranched alkanes of at least 4 members (excludes halogenated alkanes) is 1. The number of allylic oxidation sites excluding steroid dienone is 1. The summed E-state index contributed by atoms with van der Waals surface area (Å²) in [5, 5.41) is 0. The lowest BCUT2D eigenvalue weighted by atomic mass is 9.82. The van der Waals surface area contributed by atoms with Crippen molar-refractivity contribution >= 4 is 5.78 Å². The van der Waals surface area contributed by atoms with Gasteiger partial charge in [0.2, 0.25) is 0 Å². The third-order valence-corrected chi connectivity index (χ3v) is 3.99. The van der Waals surface area contributed by atoms with Crippen LogP contribution in [0.2, 0.25) is 0 Å². The van der Waals surface area contributed by atoms with Crippen molar-refractivity contribution in [1.82, 2.24) is 0 Å². The first-order valence-corrected chi connectivity index (χ1v) is 6.56. The number of methoxy groups -OCH3 is 1. The van der Waals surface area contributed by atoms with Crippen LogP contribution in [-0.4, -0.2) is 19.0 Å². The molecule has 0 aromatic rings. The molecule has 16 heavy (non-hydrogen) atoms. The zero-order chi connectivity index (χ0) is 11.5. The lowest BCUT2D eigenvalue weighted by Gasteiger charge is -2.28. The Morgan fingerprint density at radius 2 is 2.19 bits per heavy atom. The predicted octanol–water partition coefficient (Wildman–Crippen LogP) is 3.26. The molecule has 0 unspecified atom stereocenters. The van der Waals surface area contributed by atoms with Gasteiger partial charge in [-0.05, 0) is 49.2 Å². The summed E-state index contributed by atoms with van der Waals surface area (Å²) in [6.45, 7) is 2.18. The summed E-state index contributed by atoms with van der Waals surface area (Å²) in [6, 6.07) is 0. The van der Waals surface area contributed by atoms with Crippen molar-refractivity contribution in [3.05, 3.63) is 11.1 Å². The fourth-order valence-electron chi connectivity index (χ4n) is 3.17. The second-order valence-electron chi connectivity index (χ2n) is 5.02. The number of hydrogen-bond donors (Lipinski definition) is 0. The Hall–Kier alpha value is -0.630. The number of rotatable bonds is 4. The zero-order valence-corrected chi connectivity index (χ0v) is 10.4. The summed E-state index contributed by atoms with van der Waals surface area (Å²) in [7, 11) is 1.78. The Balaban J connectivity index is 2.22. The maximum atomic E-state index is 12.0. The number of ketones is 1. The van der Waals surface area contributed by atoms with Crippen molar-refractivity contribution in [3.8, 4) is 0 Å². The lowest BCUT2D eigenvalue weighted by Crippen LogP contribution is -2.23. The molecule has 1 fully saturated rings. The summed E-state index contributed by atoms with van der Waals surface area (Å²) >= 11 is 0. The van der Waals surface area contributed by atoms with Crippen LogP contribution >= 0.6 is 0 Å². The van der Waals surface area contributed by atoms with Crippen LogP contribution in [0.1, 0.15) is 51.9 Å². The van der Waals surface area contributed by atoms with E-state index in [4.69, 9.17) is 4.74 Å². The number of carbonyl (C=O) groups is 1. The van der Waals surface area contributed by atoms with Crippen LogP contribution in [0, 0.1) is 5.92 Å². The second kappa shape index (κ2) is 5.13. The van der Waals surface area contributed by atoms with Crippen molar-refractivity contribution in [2.75, 3.05) is 7.11 Å². The Labute approximate surface area is 98.1 Å². The highest BCUT2D eigenvalue weighted by molar-refractivity contribution is 5.99. The normalized spacial score (nSPS) is 29.8. The fraction of sp³-hybridized carbons (Fsp3) is 0.786. The van der Waals surface area contributed by atoms with Gasteiger partial charge in [0, 0.05) is 13.5 Å². The SMILES string of the molecule is CCCCC1=C2[C@@H](CCC[C@H]2OC)CC1=O. The molecule has 0 aromatic heterocycles. The lowest BCUT2D eigenvalue weighted by molar-refractivity contribution is -0.115. The van der Waals surface area contributed by atoms with Crippen molar-refractivity contribution in [3.63, 3.8) is 0 Å². The smallest absolute Gasteiger partial charge is 0.159 e. The molecule has 2 nitrogen and oxygen atoms in total. The molecule has 0 amide bonds. The molecule has 2 aliphatic carbocycles. The summed E-state index contributed by atoms with van der Waals surface area (Å²) < 4.78 is 5.55. The van der Waals surface area contributed by atoms with E-state index >= 15 is 0 Å². The average Bonchev–Trinajstić information content (AvgIpc) is 2.62. The number of fused-ring (bicyclic) bond motifs is 1. The van der Waals surface area contributed by atoms with Gasteiger partial charge in [0.15, 0.2) is 5.78 Å². The van der Waals surface area contributed by atoms with Crippen molar-refractivity contribution in [2.45, 2.75) is 58.0 Å². The highest BCUT2D eigenvalue weighted by Gasteiger charge is 2.38. The van der Waals surface area contributed by atoms with Gasteiger partial charge < -0.3 is 4.74 Å². The standard InChI is InChI=1S/C14H22O2/c1-3-4-7-11-12(15)9-10-6-5-8-13(16-2)14(10)11/h10,13H,3-9H2,1-2H3/t10-,13+/m0/s1. The molecule has 0 N–H and O–H groups in total. The molecule has 0 heterocycles. The van der Waals surface area contributed by atoms with Gasteiger partial charge in [0.1, 0.15) is 0 Å². The van der Waals surface area contributed by atoms with Crippen LogP contribution in [0.5, 0.6) is 0 Å². The molecule has 2 atom stereocenters. The van der Waals surface area contributed by atoms with Crippen molar-refractivity contribution in [1.29, 1.82) is 0 Å². The van der Waals surface area contributed by atoms with E-state index in [2.05, 4.69) is 6.92 Å². The first kappa shape index (κ1) is 11.8. The van der Waals surface area contributed by atoms with Crippen LogP contribution in [0.15, 0.2) is 11.1 Å². The number of Topliss-reactive ketones (excluding diaryl/α,β-unsaturated/α-hetero) is 1. The third-order valence-electron chi connectivity index (χ3n) is 3.99. The van der Waals surface area contributed by atoms with Gasteiger partial charge in [-0.2, -0.15) is 0 Å². The Kier molecular flexibility index (Phi) is 3.80. The summed E-state index contributed by atoms with van der Waals surface area (Å²) in [5.74, 6) is 0.912. The van der Waals surface area contributed by atoms with Crippen LogP contribution in [0.3, 0.4) is 0 Å². The molecule has 2 rings (SSSR count). The van der Waals surface area contributed by atoms with Gasteiger partial charge in [-0.3, -0.25) is 4.79 Å². The van der Waals surface area contributed by atoms with Gasteiger partial charge in [-0.25, -0.2) is 0 Å². The maximum Gasteiger partial charge on any atom is 0.159 e. The highest BCUT2D eigenvalue weighted by Crippen LogP contribution is 2.42. The minimum Gasteiger partial charge on any atom is -0.377 e. The van der Waals surface area contributed by atoms with Gasteiger partial charge in [-0.1, -0.05) is 13.3 Å². The fourth-order valence-corrected chi connectivity index (χ4v) is 3.17. The molecule has 2 heteroatoms. The number of hydrogen-bond acceptors (Lipinski definition) is 2. The minimum atomic E-state index is 0.233. The minimum absolute atomic E-state index is 0.233. The van der Waals surface area contributed by atoms with E-state index in [1.54, 1.807) is 7.11 Å². The second-order valence-corrected chi connectivity index (χ2v) is 5.02. The van der Waals surface area contributed by atoms with E-state index in [1.807, 2.05) is 0 Å². The van der Waals surface area contributed by atoms with Crippen molar-refractivity contribution in [2.24, 2.45) is 5.92 Å². The van der Waals surface area contributed by atoms with Crippen LogP contribution in [-0.2, 0) is 9.53 Å². The molecular weight excluding hydrogens is 200 g/mol. The molecule has 90 valence electrons. The molecule has 0 aliphatic heterocycles. The summed E-state index contributed by atoms with van der Waals surface area (Å²) in [4.78, 5) is 12.0. The van der Waals surface area contributed by atoms with Gasteiger partial charge >= 0.3 is 0 Å². The third kappa shape index (κ3) is 2.08. The highest BCUT2D eigenvalue weighted by atomic mass is 16.5. The van der Waals surface area contributed by atoms with Gasteiger partial charge in [-0.15, -0.1) is 0 Å². The topological polar surface area (TPSA) is 26.3 Å². The molecular formula is C14H22O2. The molecule has 0 saturated heterocycles. The van der Waals surface area contributed by atoms with E-state index in [0.717, 1.165) is 37.7 Å². The summed E-state index contributed by atoms with van der Waals surface area (Å²) in [5.41, 5.74) is 2.49. The van der Waals surface area contributed by atoms with E-state index in [9.17, 15) is 4.79 Å². The maximum absolute atomic E-state index is 12.0. The largest absolute Gasteiger partial charge is 0.377 e. The molecule has 0 aromatic carbocycles. The van der Waals surface area contributed by atoms with Gasteiger partial charge in [0.05, 0.1) is 6.10 Å². The van der Waals surface area contributed by atoms with E-state index in [0.29, 0.717) is 11.7 Å². The van der Waals surface area contributed by atoms with Crippen LogP contribution in [0.25, 0.3) is 0 Å². The van der Waals surface area contributed by atoms with Gasteiger partial charge in [0.25, 0.3) is 0 Å². The Morgan fingerprint density at radius 3 is 2.88 bits per heavy atom. The first-order chi connectivity index (χ1) is 7.77. The number of ether oxygens (including phenoxy) is 1. The van der Waals surface area contributed by atoms with Crippen molar-refractivity contribution < 1.29 is 9.53 Å². The Bertz CT molecular complexity index is 304. The molecule has 0 bridgehead atoms. The molecule has 0 radical (unpaired) electrons. The first-order valence-electron chi connectivity index (χ1n) is 6.56. The van der Waals surface area contributed by atoms with Crippen LogP contribution < -0.4 is 0 Å². The molecule has 1 saturated carbocycles. The summed E-state index contributed by atoms with van der Waals surface area (Å²) in [6.07, 6.45) is 7.76. The van der Waals surface area contributed by atoms with E-state index in [1.165, 1.54) is 18.4 Å². The monoisotopic (exact) mass is 222 g/mol. The quantitative estimate of drug-likeness (QED) is 0.729. The molecule has 0 spiro atoms. The zero-order valence-electron chi connectivity index (χ0n) is 10.4. The Morgan fingerprint density at radius 1 is 1.38 bits per heavy atom. The average molecular weight is 222 g/mol. The predicted molar refractivity (Wildman–Crippen MR) is 64.3 cm³/mol. The molecule has 2 aliphatic rings.